The molecule has 68 valence electrons. The lowest BCUT2D eigenvalue weighted by atomic mass is 10.2. The van der Waals surface area contributed by atoms with E-state index in [-0.39, 0.29) is 5.91 Å². The Kier molecular flexibility index (Phi) is 2.93. The van der Waals surface area contributed by atoms with E-state index in [1.165, 1.54) is 18.3 Å². The fourth-order valence-corrected chi connectivity index (χ4v) is 1.21. The third-order valence-corrected chi connectivity index (χ3v) is 2.10. The Bertz CT molecular complexity index is 354. The van der Waals surface area contributed by atoms with Gasteiger partial charge in [-0.05, 0) is 13.8 Å². The van der Waals surface area contributed by atoms with Crippen LogP contribution in [0.25, 0.3) is 0 Å². The third kappa shape index (κ3) is 2.49. The van der Waals surface area contributed by atoms with Crippen LogP contribution in [-0.2, 0) is 4.79 Å². The largest absolute Gasteiger partial charge is 0.299 e. The Morgan fingerprint density at radius 3 is 2.85 bits per heavy atom. The molecule has 0 fully saturated rings. The average Bonchev–Trinajstić information content (AvgIpc) is 2.49. The summed E-state index contributed by atoms with van der Waals surface area (Å²) in [5.41, 5.74) is 0. The van der Waals surface area contributed by atoms with Gasteiger partial charge in [0, 0.05) is 0 Å². The first-order valence-corrected chi connectivity index (χ1v) is 4.45. The maximum absolute atomic E-state index is 11.2. The van der Waals surface area contributed by atoms with Gasteiger partial charge in [-0.2, -0.15) is 5.26 Å². The van der Waals surface area contributed by atoms with Gasteiger partial charge in [0.05, 0.1) is 6.07 Å². The van der Waals surface area contributed by atoms with Crippen molar-refractivity contribution in [1.29, 1.82) is 5.26 Å². The molecule has 1 atom stereocenters. The molecule has 0 aliphatic heterocycles. The summed E-state index contributed by atoms with van der Waals surface area (Å²) in [7, 11) is 0. The molecule has 5 nitrogen and oxygen atoms in total. The van der Waals surface area contributed by atoms with Crippen LogP contribution in [0.5, 0.6) is 0 Å². The zero-order valence-corrected chi connectivity index (χ0v) is 8.05. The molecule has 1 N–H and O–H groups in total. The van der Waals surface area contributed by atoms with Crippen LogP contribution >= 0.6 is 11.3 Å². The summed E-state index contributed by atoms with van der Waals surface area (Å²) in [5, 5.41) is 19.6. The monoisotopic (exact) mass is 196 g/mol. The van der Waals surface area contributed by atoms with Gasteiger partial charge in [0.1, 0.15) is 10.9 Å². The standard InChI is InChI=1S/C7H8N4OS/c1-4(3-8)6(12)9-7-11-10-5(2)13-7/h4H,1-2H3,(H,9,11,12). The Labute approximate surface area is 79.4 Å². The molecular weight excluding hydrogens is 188 g/mol. The lowest BCUT2D eigenvalue weighted by molar-refractivity contribution is -0.117. The van der Waals surface area contributed by atoms with Gasteiger partial charge < -0.3 is 0 Å². The van der Waals surface area contributed by atoms with Crippen molar-refractivity contribution in [3.8, 4) is 6.07 Å². The van der Waals surface area contributed by atoms with E-state index >= 15 is 0 Å². The van der Waals surface area contributed by atoms with E-state index in [0.29, 0.717) is 5.13 Å². The number of nitrogens with one attached hydrogen (secondary N) is 1. The number of rotatable bonds is 2. The first-order valence-electron chi connectivity index (χ1n) is 3.64. The van der Waals surface area contributed by atoms with Crippen LogP contribution in [0.3, 0.4) is 0 Å². The molecule has 0 spiro atoms. The Balaban J connectivity index is 2.61. The van der Waals surface area contributed by atoms with Crippen LogP contribution in [-0.4, -0.2) is 16.1 Å². The minimum Gasteiger partial charge on any atom is -0.299 e. The third-order valence-electron chi connectivity index (χ3n) is 1.34. The summed E-state index contributed by atoms with van der Waals surface area (Å²) in [5.74, 6) is -1.01. The minimum atomic E-state index is -0.663. The molecule has 0 saturated heterocycles. The number of anilines is 1. The quantitative estimate of drug-likeness (QED) is 0.763. The molecule has 1 aromatic heterocycles. The zero-order valence-electron chi connectivity index (χ0n) is 7.24. The van der Waals surface area contributed by atoms with E-state index in [1.54, 1.807) is 6.92 Å². The van der Waals surface area contributed by atoms with Crippen LogP contribution in [0.4, 0.5) is 5.13 Å². The highest BCUT2D eigenvalue weighted by Crippen LogP contribution is 2.14. The minimum absolute atomic E-state index is 0.348. The van der Waals surface area contributed by atoms with Gasteiger partial charge in [-0.1, -0.05) is 11.3 Å². The Morgan fingerprint density at radius 1 is 1.69 bits per heavy atom. The molecule has 0 aliphatic rings. The Hall–Kier alpha value is -1.48. The number of nitriles is 1. The highest BCUT2D eigenvalue weighted by molar-refractivity contribution is 7.15. The summed E-state index contributed by atoms with van der Waals surface area (Å²) >= 11 is 1.28. The fourth-order valence-electron chi connectivity index (χ4n) is 0.619. The normalized spacial score (nSPS) is 11.8. The van der Waals surface area contributed by atoms with Crippen molar-refractivity contribution in [3.05, 3.63) is 5.01 Å². The summed E-state index contributed by atoms with van der Waals surface area (Å²) < 4.78 is 0. The molecule has 0 aromatic carbocycles. The molecule has 1 amide bonds. The second-order valence-electron chi connectivity index (χ2n) is 2.47. The summed E-state index contributed by atoms with van der Waals surface area (Å²) in [6, 6.07) is 1.84. The highest BCUT2D eigenvalue weighted by Gasteiger charge is 2.13. The van der Waals surface area contributed by atoms with Gasteiger partial charge in [-0.15, -0.1) is 10.2 Å². The SMILES string of the molecule is Cc1nnc(NC(=O)C(C)C#N)s1. The van der Waals surface area contributed by atoms with Crippen molar-refractivity contribution in [1.82, 2.24) is 10.2 Å². The first-order chi connectivity index (χ1) is 6.13. The topological polar surface area (TPSA) is 78.7 Å². The van der Waals surface area contributed by atoms with Gasteiger partial charge in [0.25, 0.3) is 0 Å². The van der Waals surface area contributed by atoms with Crippen molar-refractivity contribution in [2.24, 2.45) is 5.92 Å². The van der Waals surface area contributed by atoms with Crippen molar-refractivity contribution >= 4 is 22.4 Å². The van der Waals surface area contributed by atoms with Crippen LogP contribution in [0, 0.1) is 24.2 Å². The summed E-state index contributed by atoms with van der Waals surface area (Å²) in [6.45, 7) is 3.32. The van der Waals surface area contributed by atoms with E-state index in [9.17, 15) is 4.79 Å². The highest BCUT2D eigenvalue weighted by atomic mass is 32.1. The summed E-state index contributed by atoms with van der Waals surface area (Å²) in [6.07, 6.45) is 0. The van der Waals surface area contributed by atoms with E-state index in [0.717, 1.165) is 5.01 Å². The molecule has 1 rings (SSSR count). The van der Waals surface area contributed by atoms with Crippen LogP contribution in [0.2, 0.25) is 0 Å². The lowest BCUT2D eigenvalue weighted by Crippen LogP contribution is -2.18. The molecule has 13 heavy (non-hydrogen) atoms. The van der Waals surface area contributed by atoms with Crippen molar-refractivity contribution in [2.45, 2.75) is 13.8 Å². The van der Waals surface area contributed by atoms with Gasteiger partial charge in [-0.25, -0.2) is 0 Å². The van der Waals surface area contributed by atoms with E-state index in [4.69, 9.17) is 5.26 Å². The fraction of sp³-hybridized carbons (Fsp3) is 0.429. The van der Waals surface area contributed by atoms with Gasteiger partial charge in [-0.3, -0.25) is 10.1 Å². The molecule has 1 unspecified atom stereocenters. The number of amides is 1. The average molecular weight is 196 g/mol. The number of carbonyl (C=O) groups is 1. The number of aromatic nitrogens is 2. The van der Waals surface area contributed by atoms with E-state index in [1.807, 2.05) is 6.07 Å². The molecule has 0 radical (unpaired) electrons. The number of carbonyl (C=O) groups excluding carboxylic acids is 1. The Morgan fingerprint density at radius 2 is 2.38 bits per heavy atom. The predicted molar refractivity (Wildman–Crippen MR) is 48.1 cm³/mol. The van der Waals surface area contributed by atoms with Crippen LogP contribution < -0.4 is 5.32 Å². The molecule has 0 saturated carbocycles. The summed E-state index contributed by atoms with van der Waals surface area (Å²) in [4.78, 5) is 11.2. The predicted octanol–water partition coefficient (Wildman–Crippen LogP) is 0.945. The van der Waals surface area contributed by atoms with Crippen molar-refractivity contribution < 1.29 is 4.79 Å². The van der Waals surface area contributed by atoms with Crippen molar-refractivity contribution in [3.63, 3.8) is 0 Å². The second-order valence-corrected chi connectivity index (χ2v) is 3.65. The van der Waals surface area contributed by atoms with Gasteiger partial charge in [0.15, 0.2) is 0 Å². The first kappa shape index (κ1) is 9.61. The van der Waals surface area contributed by atoms with E-state index < -0.39 is 5.92 Å². The van der Waals surface area contributed by atoms with Crippen LogP contribution in [0.15, 0.2) is 0 Å². The van der Waals surface area contributed by atoms with Gasteiger partial charge >= 0.3 is 0 Å². The number of aryl methyl sites for hydroxylation is 1. The molecule has 1 heterocycles. The molecule has 6 heteroatoms. The maximum Gasteiger partial charge on any atom is 0.243 e. The number of hydrogen-bond donors (Lipinski definition) is 1. The lowest BCUT2D eigenvalue weighted by Gasteiger charge is -2.00. The number of hydrogen-bond acceptors (Lipinski definition) is 5. The second kappa shape index (κ2) is 3.96. The smallest absolute Gasteiger partial charge is 0.243 e. The van der Waals surface area contributed by atoms with Gasteiger partial charge in [0.2, 0.25) is 11.0 Å². The molecule has 1 aromatic rings. The molecular formula is C7H8N4OS. The zero-order chi connectivity index (χ0) is 9.84. The molecule has 0 bridgehead atoms. The maximum atomic E-state index is 11.2. The number of nitrogens with zero attached hydrogens (tertiary/aromatic N) is 3. The van der Waals surface area contributed by atoms with Crippen LogP contribution in [0.1, 0.15) is 11.9 Å². The molecule has 0 aliphatic carbocycles. The van der Waals surface area contributed by atoms with Crippen molar-refractivity contribution in [2.75, 3.05) is 5.32 Å². The van der Waals surface area contributed by atoms with E-state index in [2.05, 4.69) is 15.5 Å².